The van der Waals surface area contributed by atoms with E-state index in [2.05, 4.69) is 14.8 Å². The van der Waals surface area contributed by atoms with Crippen molar-refractivity contribution in [1.82, 2.24) is 0 Å². The molecule has 32 heavy (non-hydrogen) atoms. The number of nitrogens with one attached hydrogen (secondary N) is 3. The third kappa shape index (κ3) is 6.36. The Morgan fingerprint density at radius 1 is 0.750 bits per heavy atom. The lowest BCUT2D eigenvalue weighted by molar-refractivity contribution is 0.102. The molecule has 0 radical (unpaired) electrons. The van der Waals surface area contributed by atoms with Gasteiger partial charge < -0.3 is 5.32 Å². The first-order valence-corrected chi connectivity index (χ1v) is 13.0. The lowest BCUT2D eigenvalue weighted by Gasteiger charge is -2.11. The Morgan fingerprint density at radius 2 is 1.31 bits per heavy atom. The van der Waals surface area contributed by atoms with Gasteiger partial charge in [-0.1, -0.05) is 23.2 Å². The van der Waals surface area contributed by atoms with Crippen molar-refractivity contribution in [3.05, 3.63) is 82.3 Å². The summed E-state index contributed by atoms with van der Waals surface area (Å²) in [6, 6.07) is 15.8. The third-order valence-corrected chi connectivity index (χ3v) is 6.60. The van der Waals surface area contributed by atoms with Crippen LogP contribution < -0.4 is 14.8 Å². The fourth-order valence-electron chi connectivity index (χ4n) is 2.62. The van der Waals surface area contributed by atoms with E-state index in [1.165, 1.54) is 54.6 Å². The van der Waals surface area contributed by atoms with Crippen LogP contribution in [-0.4, -0.2) is 29.0 Å². The largest absolute Gasteiger partial charge is 0.322 e. The number of sulfonamides is 2. The van der Waals surface area contributed by atoms with Gasteiger partial charge in [-0.3, -0.25) is 14.2 Å². The van der Waals surface area contributed by atoms with Gasteiger partial charge in [0.1, 0.15) is 0 Å². The number of rotatable bonds is 7. The summed E-state index contributed by atoms with van der Waals surface area (Å²) in [4.78, 5) is 12.5. The third-order valence-electron chi connectivity index (χ3n) is 4.04. The van der Waals surface area contributed by atoms with Gasteiger partial charge in [0.05, 0.1) is 21.7 Å². The molecule has 0 aliphatic heterocycles. The van der Waals surface area contributed by atoms with E-state index in [4.69, 9.17) is 23.2 Å². The van der Waals surface area contributed by atoms with Crippen molar-refractivity contribution < 1.29 is 21.6 Å². The average Bonchev–Trinajstić information content (AvgIpc) is 2.69. The van der Waals surface area contributed by atoms with Crippen molar-refractivity contribution in [2.24, 2.45) is 0 Å². The minimum absolute atomic E-state index is 0.000293. The van der Waals surface area contributed by atoms with Crippen molar-refractivity contribution in [3.63, 3.8) is 0 Å². The molecule has 0 saturated heterocycles. The highest BCUT2D eigenvalue weighted by Gasteiger charge is 2.16. The van der Waals surface area contributed by atoms with E-state index < -0.39 is 26.0 Å². The molecule has 12 heteroatoms. The molecule has 8 nitrogen and oxygen atoms in total. The molecule has 0 saturated carbocycles. The first-order valence-electron chi connectivity index (χ1n) is 8.90. The topological polar surface area (TPSA) is 121 Å². The number of benzene rings is 3. The van der Waals surface area contributed by atoms with E-state index in [9.17, 15) is 21.6 Å². The second-order valence-electron chi connectivity index (χ2n) is 6.66. The summed E-state index contributed by atoms with van der Waals surface area (Å²) < 4.78 is 52.3. The van der Waals surface area contributed by atoms with Crippen molar-refractivity contribution in [2.75, 3.05) is 21.0 Å². The zero-order chi connectivity index (χ0) is 23.5. The predicted octanol–water partition coefficient (Wildman–Crippen LogP) is 4.42. The van der Waals surface area contributed by atoms with Crippen molar-refractivity contribution in [2.45, 2.75) is 4.90 Å². The van der Waals surface area contributed by atoms with Gasteiger partial charge in [-0.25, -0.2) is 16.8 Å². The summed E-state index contributed by atoms with van der Waals surface area (Å²) in [5, 5.41) is 3.13. The number of amides is 1. The summed E-state index contributed by atoms with van der Waals surface area (Å²) in [6.07, 6.45) is 0.996. The maximum absolute atomic E-state index is 12.5. The highest BCUT2D eigenvalue weighted by atomic mass is 35.5. The Balaban J connectivity index is 1.71. The van der Waals surface area contributed by atoms with Crippen LogP contribution in [0.2, 0.25) is 10.0 Å². The molecule has 1 amide bonds. The lowest BCUT2D eigenvalue weighted by Crippen LogP contribution is -2.15. The van der Waals surface area contributed by atoms with Gasteiger partial charge in [0, 0.05) is 22.1 Å². The molecular formula is C20H17Cl2N3O5S2. The smallest absolute Gasteiger partial charge is 0.261 e. The van der Waals surface area contributed by atoms with Crippen LogP contribution in [0.1, 0.15) is 10.4 Å². The molecule has 0 bridgehead atoms. The molecule has 0 aliphatic carbocycles. The van der Waals surface area contributed by atoms with Crippen molar-refractivity contribution in [3.8, 4) is 0 Å². The molecule has 0 heterocycles. The second kappa shape index (κ2) is 9.37. The number of carbonyl (C=O) groups excluding carboxylic acids is 1. The van der Waals surface area contributed by atoms with Gasteiger partial charge >= 0.3 is 0 Å². The van der Waals surface area contributed by atoms with Crippen LogP contribution in [0, 0.1) is 0 Å². The van der Waals surface area contributed by atoms with Gasteiger partial charge in [0.25, 0.3) is 15.9 Å². The highest BCUT2D eigenvalue weighted by Crippen LogP contribution is 2.24. The maximum Gasteiger partial charge on any atom is 0.261 e. The minimum atomic E-state index is -3.83. The zero-order valence-electron chi connectivity index (χ0n) is 16.5. The van der Waals surface area contributed by atoms with Crippen molar-refractivity contribution >= 4 is 66.2 Å². The van der Waals surface area contributed by atoms with Crippen LogP contribution in [0.15, 0.2) is 71.6 Å². The average molecular weight is 514 g/mol. The van der Waals surface area contributed by atoms with Gasteiger partial charge in [-0.2, -0.15) is 0 Å². The van der Waals surface area contributed by atoms with Crippen LogP contribution in [-0.2, 0) is 20.0 Å². The highest BCUT2D eigenvalue weighted by molar-refractivity contribution is 7.92. The van der Waals surface area contributed by atoms with E-state index in [1.807, 2.05) is 0 Å². The van der Waals surface area contributed by atoms with Gasteiger partial charge in [-0.15, -0.1) is 0 Å². The first-order chi connectivity index (χ1) is 14.9. The van der Waals surface area contributed by atoms with E-state index in [0.717, 1.165) is 6.26 Å². The van der Waals surface area contributed by atoms with E-state index in [1.54, 1.807) is 12.1 Å². The van der Waals surface area contributed by atoms with Crippen LogP contribution in [0.5, 0.6) is 0 Å². The van der Waals surface area contributed by atoms with E-state index in [-0.39, 0.29) is 21.2 Å². The molecule has 0 fully saturated rings. The van der Waals surface area contributed by atoms with E-state index >= 15 is 0 Å². The van der Waals surface area contributed by atoms with Gasteiger partial charge in [0.15, 0.2) is 0 Å². The Kier molecular flexibility index (Phi) is 6.99. The Bertz CT molecular complexity index is 1360. The number of anilines is 3. The zero-order valence-corrected chi connectivity index (χ0v) is 19.6. The first kappa shape index (κ1) is 23.9. The van der Waals surface area contributed by atoms with Crippen LogP contribution in [0.3, 0.4) is 0 Å². The van der Waals surface area contributed by atoms with Crippen molar-refractivity contribution in [1.29, 1.82) is 0 Å². The minimum Gasteiger partial charge on any atom is -0.322 e. The summed E-state index contributed by atoms with van der Waals surface area (Å²) in [5.41, 5.74) is 1.04. The Hall–Kier alpha value is -2.79. The van der Waals surface area contributed by atoms with Crippen LogP contribution in [0.25, 0.3) is 0 Å². The Labute approximate surface area is 195 Å². The molecule has 3 aromatic rings. The fraction of sp³-hybridized carbons (Fsp3) is 0.0500. The molecule has 0 aromatic heterocycles. The predicted molar refractivity (Wildman–Crippen MR) is 127 cm³/mol. The summed E-state index contributed by atoms with van der Waals surface area (Å²) in [6.45, 7) is 0. The maximum atomic E-state index is 12.5. The monoisotopic (exact) mass is 513 g/mol. The normalized spacial score (nSPS) is 11.6. The molecule has 0 aliphatic rings. The molecule has 3 rings (SSSR count). The fourth-order valence-corrected chi connectivity index (χ4v) is 4.63. The lowest BCUT2D eigenvalue weighted by atomic mass is 10.2. The molecule has 168 valence electrons. The standard InChI is InChI=1S/C20H17Cl2N3O5S2/c1-31(27,28)24-16-8-11-18(19(22)12-16)20(26)23-14-6-9-17(10-7-14)32(29,30)25-15-4-2-13(21)3-5-15/h2-12,24-25H,1H3,(H,23,26). The SMILES string of the molecule is CS(=O)(=O)Nc1ccc(C(=O)Nc2ccc(S(=O)(=O)Nc3ccc(Cl)cc3)cc2)c(Cl)c1. The summed E-state index contributed by atoms with van der Waals surface area (Å²) in [7, 11) is -7.32. The van der Waals surface area contributed by atoms with Crippen LogP contribution >= 0.6 is 23.2 Å². The molecule has 3 N–H and O–H groups in total. The quantitative estimate of drug-likeness (QED) is 0.431. The number of hydrogen-bond donors (Lipinski definition) is 3. The summed E-state index contributed by atoms with van der Waals surface area (Å²) in [5.74, 6) is -0.546. The summed E-state index contributed by atoms with van der Waals surface area (Å²) >= 11 is 11.9. The van der Waals surface area contributed by atoms with Crippen LogP contribution in [0.4, 0.5) is 17.1 Å². The van der Waals surface area contributed by atoms with E-state index in [0.29, 0.717) is 16.4 Å². The number of carbonyl (C=O) groups is 1. The van der Waals surface area contributed by atoms with Gasteiger partial charge in [-0.05, 0) is 66.7 Å². The second-order valence-corrected chi connectivity index (χ2v) is 10.9. The molecule has 0 spiro atoms. The van der Waals surface area contributed by atoms with Gasteiger partial charge in [0.2, 0.25) is 10.0 Å². The molecular weight excluding hydrogens is 497 g/mol. The number of hydrogen-bond acceptors (Lipinski definition) is 5. The number of halogens is 2. The Morgan fingerprint density at radius 3 is 1.88 bits per heavy atom. The molecule has 0 unspecified atom stereocenters. The molecule has 0 atom stereocenters. The molecule has 3 aromatic carbocycles.